The first-order valence-electron chi connectivity index (χ1n) is 13.9. The molecular weight excluding hydrogens is 574 g/mol. The van der Waals surface area contributed by atoms with E-state index in [1.165, 1.54) is 0 Å². The fraction of sp³-hybridized carbons (Fsp3) is 0.257. The molecule has 0 aliphatic heterocycles. The number of carbonyl (C=O) groups excluding carboxylic acids is 1. The van der Waals surface area contributed by atoms with E-state index in [2.05, 4.69) is 60.3 Å². The third-order valence-electron chi connectivity index (χ3n) is 6.86. The maximum Gasteiger partial charge on any atom is 0.323 e. The number of hydrogen-bond donors (Lipinski definition) is 1. The van der Waals surface area contributed by atoms with E-state index in [9.17, 15) is 4.79 Å². The second kappa shape index (κ2) is 11.5. The number of ether oxygens (including phenoxy) is 1. The second-order valence-electron chi connectivity index (χ2n) is 12.3. The van der Waals surface area contributed by atoms with Crippen molar-refractivity contribution in [3.63, 3.8) is 0 Å². The Bertz CT molecular complexity index is 1600. The maximum atomic E-state index is 13.5. The molecule has 0 amide bonds. The average Bonchev–Trinajstić information content (AvgIpc) is 3.25. The van der Waals surface area contributed by atoms with E-state index in [0.29, 0.717) is 5.75 Å². The normalized spacial score (nSPS) is 12.1. The summed E-state index contributed by atoms with van der Waals surface area (Å²) in [5.74, 6) is 0.576. The molecule has 1 N–H and O–H groups in total. The van der Waals surface area contributed by atoms with Gasteiger partial charge in [0.1, 0.15) is 28.8 Å². The van der Waals surface area contributed by atoms with Crippen molar-refractivity contribution in [1.82, 2.24) is 9.38 Å². The Labute approximate surface area is 250 Å². The first-order valence-corrected chi connectivity index (χ1v) is 14.7. The second-order valence-corrected chi connectivity index (χ2v) is 13.2. The molecule has 0 aliphatic carbocycles. The molecule has 5 nitrogen and oxygen atoms in total. The van der Waals surface area contributed by atoms with Crippen LogP contribution in [0.2, 0.25) is 0 Å². The van der Waals surface area contributed by atoms with E-state index in [4.69, 9.17) is 9.72 Å². The molecule has 3 aromatic carbocycles. The molecule has 5 aromatic rings. The molecule has 0 saturated carbocycles. The highest BCUT2D eigenvalue weighted by atomic mass is 79.9. The summed E-state index contributed by atoms with van der Waals surface area (Å²) in [6.45, 7) is 11.2. The number of nitrogens with zero attached hydrogens (tertiary/aromatic N) is 2. The molecule has 2 aromatic heterocycles. The summed E-state index contributed by atoms with van der Waals surface area (Å²) in [7, 11) is 0. The van der Waals surface area contributed by atoms with Gasteiger partial charge < -0.3 is 10.1 Å². The quantitative estimate of drug-likeness (QED) is 0.141. The molecular formula is C35H36BrN3O2. The molecule has 0 unspecified atom stereocenters. The third-order valence-corrected chi connectivity index (χ3v) is 7.33. The number of anilines is 1. The van der Waals surface area contributed by atoms with Gasteiger partial charge in [0.2, 0.25) is 0 Å². The highest BCUT2D eigenvalue weighted by Gasteiger charge is 2.28. The van der Waals surface area contributed by atoms with Gasteiger partial charge in [0, 0.05) is 21.8 Å². The number of nitrogens with one attached hydrogen (secondary N) is 1. The van der Waals surface area contributed by atoms with Crippen molar-refractivity contribution < 1.29 is 9.53 Å². The SMILES string of the molecule is CC(C)(C)CC(C)(C)Nc1c(-c2ccc(OC(=O)C(c3ccccc3)c3ccccc3)cc2)nc2ccc(Br)cn12. The van der Waals surface area contributed by atoms with E-state index in [1.54, 1.807) is 0 Å². The van der Waals surface area contributed by atoms with Gasteiger partial charge in [0.05, 0.1) is 0 Å². The maximum absolute atomic E-state index is 13.5. The lowest BCUT2D eigenvalue weighted by molar-refractivity contribution is -0.135. The van der Waals surface area contributed by atoms with Crippen LogP contribution in [0.5, 0.6) is 5.75 Å². The lowest BCUT2D eigenvalue weighted by atomic mass is 9.82. The summed E-state index contributed by atoms with van der Waals surface area (Å²) in [5.41, 5.74) is 4.39. The molecule has 5 rings (SSSR count). The minimum absolute atomic E-state index is 0.153. The monoisotopic (exact) mass is 609 g/mol. The van der Waals surface area contributed by atoms with Crippen LogP contribution >= 0.6 is 15.9 Å². The Hall–Kier alpha value is -3.90. The number of carbonyl (C=O) groups is 1. The van der Waals surface area contributed by atoms with Crippen LogP contribution in [0.1, 0.15) is 58.1 Å². The molecule has 0 spiro atoms. The smallest absolute Gasteiger partial charge is 0.323 e. The zero-order valence-electron chi connectivity index (χ0n) is 24.2. The zero-order valence-corrected chi connectivity index (χ0v) is 25.8. The van der Waals surface area contributed by atoms with Crippen LogP contribution in [-0.2, 0) is 4.79 Å². The molecule has 6 heteroatoms. The van der Waals surface area contributed by atoms with Crippen molar-refractivity contribution in [2.24, 2.45) is 5.41 Å². The van der Waals surface area contributed by atoms with Gasteiger partial charge in [0.25, 0.3) is 0 Å². The lowest BCUT2D eigenvalue weighted by Crippen LogP contribution is -2.36. The van der Waals surface area contributed by atoms with Crippen molar-refractivity contribution >= 4 is 33.4 Å². The fourth-order valence-corrected chi connectivity index (χ4v) is 5.98. The molecule has 0 aliphatic rings. The topological polar surface area (TPSA) is 55.6 Å². The van der Waals surface area contributed by atoms with Gasteiger partial charge in [-0.1, -0.05) is 81.4 Å². The fourth-order valence-electron chi connectivity index (χ4n) is 5.64. The van der Waals surface area contributed by atoms with Crippen LogP contribution in [0.25, 0.3) is 16.9 Å². The highest BCUT2D eigenvalue weighted by Crippen LogP contribution is 2.36. The first kappa shape index (κ1) is 28.6. The summed E-state index contributed by atoms with van der Waals surface area (Å²) in [6, 6.07) is 31.1. The summed E-state index contributed by atoms with van der Waals surface area (Å²) >= 11 is 3.61. The Morgan fingerprint density at radius 3 is 2.00 bits per heavy atom. The number of esters is 1. The van der Waals surface area contributed by atoms with Crippen molar-refractivity contribution in [2.45, 2.75) is 52.5 Å². The Morgan fingerprint density at radius 2 is 1.44 bits per heavy atom. The molecule has 0 atom stereocenters. The van der Waals surface area contributed by atoms with Gasteiger partial charge in [-0.25, -0.2) is 4.98 Å². The van der Waals surface area contributed by atoms with E-state index in [-0.39, 0.29) is 16.9 Å². The molecule has 210 valence electrons. The summed E-state index contributed by atoms with van der Waals surface area (Å²) in [6.07, 6.45) is 3.00. The Kier molecular flexibility index (Phi) is 8.05. The van der Waals surface area contributed by atoms with Gasteiger partial charge in [-0.05, 0) is 89.1 Å². The molecule has 2 heterocycles. The van der Waals surface area contributed by atoms with Gasteiger partial charge in [-0.3, -0.25) is 9.20 Å². The zero-order chi connectivity index (χ0) is 29.2. The third kappa shape index (κ3) is 6.88. The predicted octanol–water partition coefficient (Wildman–Crippen LogP) is 9.13. The lowest BCUT2D eigenvalue weighted by Gasteiger charge is -2.34. The van der Waals surface area contributed by atoms with Crippen molar-refractivity contribution in [1.29, 1.82) is 0 Å². The van der Waals surface area contributed by atoms with E-state index < -0.39 is 5.92 Å². The minimum atomic E-state index is -0.519. The summed E-state index contributed by atoms with van der Waals surface area (Å²) in [4.78, 5) is 18.5. The molecule has 41 heavy (non-hydrogen) atoms. The Morgan fingerprint density at radius 1 is 0.854 bits per heavy atom. The molecule has 0 saturated heterocycles. The summed E-state index contributed by atoms with van der Waals surface area (Å²) < 4.78 is 8.99. The van der Waals surface area contributed by atoms with Crippen LogP contribution in [0, 0.1) is 5.41 Å². The largest absolute Gasteiger partial charge is 0.426 e. The Balaban J connectivity index is 1.45. The van der Waals surface area contributed by atoms with Crippen molar-refractivity contribution in [3.05, 3.63) is 119 Å². The number of fused-ring (bicyclic) bond motifs is 1. The number of aromatic nitrogens is 2. The predicted molar refractivity (Wildman–Crippen MR) is 170 cm³/mol. The number of pyridine rings is 1. The van der Waals surface area contributed by atoms with Crippen molar-refractivity contribution in [3.8, 4) is 17.0 Å². The number of hydrogen-bond acceptors (Lipinski definition) is 4. The van der Waals surface area contributed by atoms with E-state index in [0.717, 1.165) is 44.7 Å². The minimum Gasteiger partial charge on any atom is -0.426 e. The van der Waals surface area contributed by atoms with Gasteiger partial charge in [-0.15, -0.1) is 0 Å². The highest BCUT2D eigenvalue weighted by molar-refractivity contribution is 9.10. The number of benzene rings is 3. The first-order chi connectivity index (χ1) is 19.5. The number of halogens is 1. The molecule has 0 radical (unpaired) electrons. The van der Waals surface area contributed by atoms with Crippen LogP contribution in [0.15, 0.2) is 108 Å². The van der Waals surface area contributed by atoms with Gasteiger partial charge >= 0.3 is 5.97 Å². The van der Waals surface area contributed by atoms with Crippen LogP contribution in [-0.4, -0.2) is 20.9 Å². The molecule has 0 bridgehead atoms. The summed E-state index contributed by atoms with van der Waals surface area (Å²) in [5, 5.41) is 3.78. The van der Waals surface area contributed by atoms with E-state index >= 15 is 0 Å². The molecule has 0 fully saturated rings. The standard InChI is InChI=1S/C35H36BrN3O2/c1-34(2,3)23-35(4,5)38-32-31(37-29-21-18-27(36)22-39(29)32)26-16-19-28(20-17-26)41-33(40)30(24-12-8-6-9-13-24)25-14-10-7-11-15-25/h6-22,30,38H,23H2,1-5H3. The van der Waals surface area contributed by atoms with Gasteiger partial charge in [0.15, 0.2) is 0 Å². The van der Waals surface area contributed by atoms with Gasteiger partial charge in [-0.2, -0.15) is 0 Å². The number of imidazole rings is 1. The van der Waals surface area contributed by atoms with Crippen LogP contribution < -0.4 is 10.1 Å². The van der Waals surface area contributed by atoms with Crippen LogP contribution in [0.3, 0.4) is 0 Å². The number of rotatable bonds is 8. The van der Waals surface area contributed by atoms with Crippen LogP contribution in [0.4, 0.5) is 5.82 Å². The van der Waals surface area contributed by atoms with Crippen molar-refractivity contribution in [2.75, 3.05) is 5.32 Å². The average molecular weight is 611 g/mol. The van der Waals surface area contributed by atoms with E-state index in [1.807, 2.05) is 103 Å².